The van der Waals surface area contributed by atoms with Crippen molar-refractivity contribution in [2.24, 2.45) is 0 Å². The van der Waals surface area contributed by atoms with E-state index in [0.717, 1.165) is 31.9 Å². The summed E-state index contributed by atoms with van der Waals surface area (Å²) in [6.07, 6.45) is 1.96. The van der Waals surface area contributed by atoms with Crippen molar-refractivity contribution in [3.8, 4) is 0 Å². The summed E-state index contributed by atoms with van der Waals surface area (Å²) in [5.41, 5.74) is 0.969. The molecule has 0 fully saturated rings. The first-order chi connectivity index (χ1) is 8.58. The lowest BCUT2D eigenvalue weighted by Crippen LogP contribution is -2.22. The average Bonchev–Trinajstić information content (AvgIpc) is 2.73. The van der Waals surface area contributed by atoms with Gasteiger partial charge in [-0.3, -0.25) is 0 Å². The quantitative estimate of drug-likeness (QED) is 0.646. The Morgan fingerprint density at radius 1 is 1.39 bits per heavy atom. The van der Waals surface area contributed by atoms with Crippen molar-refractivity contribution in [3.63, 3.8) is 0 Å². The lowest BCUT2D eigenvalue weighted by molar-refractivity contribution is 0.108. The van der Waals surface area contributed by atoms with Gasteiger partial charge in [0.15, 0.2) is 0 Å². The summed E-state index contributed by atoms with van der Waals surface area (Å²) in [5.74, 6) is 0. The van der Waals surface area contributed by atoms with Gasteiger partial charge in [0.1, 0.15) is 0 Å². The molecule has 0 saturated carbocycles. The Hall–Kier alpha value is -0.980. The predicted molar refractivity (Wildman–Crippen MR) is 71.4 cm³/mol. The van der Waals surface area contributed by atoms with Crippen LogP contribution in [0.15, 0.2) is 6.20 Å². The zero-order valence-electron chi connectivity index (χ0n) is 11.9. The third kappa shape index (κ3) is 6.68. The standard InChI is InChI=1S/C12H25N5O/c1-11(2)13-9-12-10-17(15-14-12)6-8-18-7-5-16(3)4/h10-11,13H,5-9H2,1-4H3. The highest BCUT2D eigenvalue weighted by atomic mass is 16.5. The maximum atomic E-state index is 5.51. The monoisotopic (exact) mass is 255 g/mol. The van der Waals surface area contributed by atoms with Crippen LogP contribution < -0.4 is 5.32 Å². The van der Waals surface area contributed by atoms with Crippen molar-refractivity contribution in [2.75, 3.05) is 33.9 Å². The van der Waals surface area contributed by atoms with Crippen LogP contribution in [0.5, 0.6) is 0 Å². The van der Waals surface area contributed by atoms with Gasteiger partial charge in [-0.1, -0.05) is 19.1 Å². The molecule has 0 spiro atoms. The average molecular weight is 255 g/mol. The lowest BCUT2D eigenvalue weighted by atomic mass is 10.3. The van der Waals surface area contributed by atoms with Crippen LogP contribution in [0.4, 0.5) is 0 Å². The van der Waals surface area contributed by atoms with E-state index < -0.39 is 0 Å². The van der Waals surface area contributed by atoms with Gasteiger partial charge in [0.25, 0.3) is 0 Å². The highest BCUT2D eigenvalue weighted by molar-refractivity contribution is 4.91. The van der Waals surface area contributed by atoms with E-state index in [9.17, 15) is 0 Å². The summed E-state index contributed by atoms with van der Waals surface area (Å²) in [6, 6.07) is 0.463. The summed E-state index contributed by atoms with van der Waals surface area (Å²) >= 11 is 0. The van der Waals surface area contributed by atoms with Crippen LogP contribution in [0.2, 0.25) is 0 Å². The molecule has 1 N–H and O–H groups in total. The van der Waals surface area contributed by atoms with Crippen molar-refractivity contribution in [2.45, 2.75) is 33.0 Å². The minimum Gasteiger partial charge on any atom is -0.378 e. The maximum absolute atomic E-state index is 5.51. The van der Waals surface area contributed by atoms with Crippen molar-refractivity contribution in [1.29, 1.82) is 0 Å². The molecular weight excluding hydrogens is 230 g/mol. The van der Waals surface area contributed by atoms with Gasteiger partial charge in [0, 0.05) is 25.3 Å². The van der Waals surface area contributed by atoms with E-state index in [1.165, 1.54) is 0 Å². The molecule has 6 heteroatoms. The number of nitrogens with zero attached hydrogens (tertiary/aromatic N) is 4. The minimum atomic E-state index is 0.463. The van der Waals surface area contributed by atoms with Crippen LogP contribution in [-0.2, 0) is 17.8 Å². The fraction of sp³-hybridized carbons (Fsp3) is 0.833. The molecule has 0 atom stereocenters. The normalized spacial score (nSPS) is 11.7. The molecule has 0 unspecified atom stereocenters. The van der Waals surface area contributed by atoms with E-state index in [-0.39, 0.29) is 0 Å². The number of hydrogen-bond donors (Lipinski definition) is 1. The first kappa shape index (κ1) is 15.1. The Morgan fingerprint density at radius 2 is 2.17 bits per heavy atom. The molecule has 18 heavy (non-hydrogen) atoms. The van der Waals surface area contributed by atoms with E-state index in [1.807, 2.05) is 25.0 Å². The second-order valence-corrected chi connectivity index (χ2v) is 4.92. The largest absolute Gasteiger partial charge is 0.378 e. The smallest absolute Gasteiger partial charge is 0.0964 e. The molecule has 0 radical (unpaired) electrons. The maximum Gasteiger partial charge on any atom is 0.0964 e. The summed E-state index contributed by atoms with van der Waals surface area (Å²) in [5, 5.41) is 11.5. The topological polar surface area (TPSA) is 55.2 Å². The van der Waals surface area contributed by atoms with Crippen molar-refractivity contribution >= 4 is 0 Å². The molecule has 1 aromatic heterocycles. The first-order valence-corrected chi connectivity index (χ1v) is 6.43. The first-order valence-electron chi connectivity index (χ1n) is 6.43. The lowest BCUT2D eigenvalue weighted by Gasteiger charge is -2.09. The number of likely N-dealkylation sites (N-methyl/N-ethyl adjacent to an activating group) is 1. The molecule has 1 aromatic rings. The molecule has 0 amide bonds. The fourth-order valence-electron chi connectivity index (χ4n) is 1.34. The van der Waals surface area contributed by atoms with Gasteiger partial charge in [0.05, 0.1) is 25.5 Å². The third-order valence-electron chi connectivity index (χ3n) is 2.43. The summed E-state index contributed by atoms with van der Waals surface area (Å²) < 4.78 is 7.34. The zero-order valence-corrected chi connectivity index (χ0v) is 11.9. The number of hydrogen-bond acceptors (Lipinski definition) is 5. The molecule has 0 saturated heterocycles. The highest BCUT2D eigenvalue weighted by Gasteiger charge is 2.01. The van der Waals surface area contributed by atoms with Crippen LogP contribution in [-0.4, -0.2) is 59.8 Å². The fourth-order valence-corrected chi connectivity index (χ4v) is 1.34. The molecule has 0 aliphatic carbocycles. The van der Waals surface area contributed by atoms with Gasteiger partial charge in [0.2, 0.25) is 0 Å². The van der Waals surface area contributed by atoms with E-state index in [4.69, 9.17) is 4.74 Å². The van der Waals surface area contributed by atoms with Crippen LogP contribution >= 0.6 is 0 Å². The van der Waals surface area contributed by atoms with E-state index in [0.29, 0.717) is 12.6 Å². The SMILES string of the molecule is CC(C)NCc1cn(CCOCCN(C)C)nn1. The molecule has 0 bridgehead atoms. The van der Waals surface area contributed by atoms with E-state index >= 15 is 0 Å². The van der Waals surface area contributed by atoms with Gasteiger partial charge >= 0.3 is 0 Å². The minimum absolute atomic E-state index is 0.463. The van der Waals surface area contributed by atoms with Crippen LogP contribution in [0.3, 0.4) is 0 Å². The second kappa shape index (κ2) is 8.18. The molecule has 104 valence electrons. The zero-order chi connectivity index (χ0) is 13.4. The van der Waals surface area contributed by atoms with E-state index in [1.54, 1.807) is 0 Å². The Balaban J connectivity index is 2.15. The Morgan fingerprint density at radius 3 is 2.83 bits per heavy atom. The van der Waals surface area contributed by atoms with Gasteiger partial charge < -0.3 is 15.0 Å². The molecule has 6 nitrogen and oxygen atoms in total. The van der Waals surface area contributed by atoms with Crippen LogP contribution in [0, 0.1) is 0 Å². The summed E-state index contributed by atoms with van der Waals surface area (Å²) in [7, 11) is 4.07. The molecule has 1 heterocycles. The van der Waals surface area contributed by atoms with Crippen molar-refractivity contribution < 1.29 is 4.74 Å². The number of aromatic nitrogens is 3. The number of ether oxygens (including phenoxy) is 1. The molecular formula is C12H25N5O. The highest BCUT2D eigenvalue weighted by Crippen LogP contribution is 1.94. The Labute approximate surface area is 109 Å². The molecule has 1 rings (SSSR count). The second-order valence-electron chi connectivity index (χ2n) is 4.92. The summed E-state index contributed by atoms with van der Waals surface area (Å²) in [6.45, 7) is 8.12. The van der Waals surface area contributed by atoms with E-state index in [2.05, 4.69) is 34.4 Å². The van der Waals surface area contributed by atoms with Crippen molar-refractivity contribution in [3.05, 3.63) is 11.9 Å². The van der Waals surface area contributed by atoms with Gasteiger partial charge in [-0.25, -0.2) is 4.68 Å². The van der Waals surface area contributed by atoms with Gasteiger partial charge in [-0.05, 0) is 14.1 Å². The van der Waals surface area contributed by atoms with Gasteiger partial charge in [-0.2, -0.15) is 0 Å². The summed E-state index contributed by atoms with van der Waals surface area (Å²) in [4.78, 5) is 2.10. The van der Waals surface area contributed by atoms with Crippen molar-refractivity contribution in [1.82, 2.24) is 25.2 Å². The van der Waals surface area contributed by atoms with Gasteiger partial charge in [-0.15, -0.1) is 5.10 Å². The Bertz CT molecular complexity index is 324. The molecule has 0 aliphatic heterocycles. The molecule has 0 aliphatic rings. The van der Waals surface area contributed by atoms with Crippen LogP contribution in [0.25, 0.3) is 0 Å². The third-order valence-corrected chi connectivity index (χ3v) is 2.43. The van der Waals surface area contributed by atoms with Crippen LogP contribution in [0.1, 0.15) is 19.5 Å². The predicted octanol–water partition coefficient (Wildman–Crippen LogP) is 0.354. The molecule has 0 aromatic carbocycles. The number of rotatable bonds is 9. The Kier molecular flexibility index (Phi) is 6.85. The number of nitrogens with one attached hydrogen (secondary N) is 1.